The van der Waals surface area contributed by atoms with Crippen molar-refractivity contribution in [2.45, 2.75) is 26.3 Å². The van der Waals surface area contributed by atoms with E-state index in [1.807, 2.05) is 24.3 Å². The van der Waals surface area contributed by atoms with Gasteiger partial charge in [0.15, 0.2) is 5.76 Å². The predicted octanol–water partition coefficient (Wildman–Crippen LogP) is 5.48. The normalized spacial score (nSPS) is 21.3. The maximum atomic E-state index is 11.2. The molecule has 0 radical (unpaired) electrons. The molecule has 0 aliphatic carbocycles. The first kappa shape index (κ1) is 19.6. The van der Waals surface area contributed by atoms with Crippen LogP contribution in [0.1, 0.15) is 36.8 Å². The third-order valence-electron chi connectivity index (χ3n) is 5.65. The number of benzene rings is 1. The summed E-state index contributed by atoms with van der Waals surface area (Å²) in [5, 5.41) is 16.3. The minimum absolute atomic E-state index is 0.108. The van der Waals surface area contributed by atoms with Crippen LogP contribution >= 0.6 is 22.9 Å². The molecule has 4 heterocycles. The fourth-order valence-corrected chi connectivity index (χ4v) is 5.91. The first-order valence-corrected chi connectivity index (χ1v) is 11.3. The van der Waals surface area contributed by atoms with E-state index in [-0.39, 0.29) is 11.9 Å². The van der Waals surface area contributed by atoms with Crippen LogP contribution in [-0.2, 0) is 0 Å². The Hall–Kier alpha value is -2.35. The van der Waals surface area contributed by atoms with Gasteiger partial charge < -0.3 is 9.52 Å². The lowest BCUT2D eigenvalue weighted by molar-refractivity contribution is 0.112. The summed E-state index contributed by atoms with van der Waals surface area (Å²) in [6, 6.07) is 11.3. The lowest BCUT2D eigenvalue weighted by Gasteiger charge is -2.40. The summed E-state index contributed by atoms with van der Waals surface area (Å²) in [5.41, 5.74) is 0.992. The van der Waals surface area contributed by atoms with Crippen LogP contribution < -0.4 is 0 Å². The van der Waals surface area contributed by atoms with Gasteiger partial charge in [-0.15, -0.1) is 5.10 Å². The molecule has 1 saturated heterocycles. The first-order chi connectivity index (χ1) is 14.5. The summed E-state index contributed by atoms with van der Waals surface area (Å²) in [6.45, 7) is 6.46. The van der Waals surface area contributed by atoms with E-state index in [0.717, 1.165) is 23.5 Å². The van der Waals surface area contributed by atoms with Crippen LogP contribution in [0.25, 0.3) is 16.5 Å². The van der Waals surface area contributed by atoms with Crippen molar-refractivity contribution in [1.82, 2.24) is 19.5 Å². The Bertz CT molecular complexity index is 1160. The van der Waals surface area contributed by atoms with E-state index in [0.29, 0.717) is 33.4 Å². The van der Waals surface area contributed by atoms with Gasteiger partial charge in [-0.1, -0.05) is 55.0 Å². The average Bonchev–Trinajstić information content (AvgIpc) is 3.42. The van der Waals surface area contributed by atoms with Gasteiger partial charge in [-0.25, -0.2) is 0 Å². The van der Waals surface area contributed by atoms with E-state index in [9.17, 15) is 5.11 Å². The molecule has 156 valence electrons. The van der Waals surface area contributed by atoms with Crippen LogP contribution in [0.2, 0.25) is 5.02 Å². The van der Waals surface area contributed by atoms with Crippen molar-refractivity contribution in [3.8, 4) is 17.5 Å². The number of nitrogens with zero attached hydrogens (tertiary/aromatic N) is 4. The van der Waals surface area contributed by atoms with Crippen LogP contribution in [0.15, 0.2) is 47.1 Å². The van der Waals surface area contributed by atoms with Crippen molar-refractivity contribution in [3.05, 3.63) is 58.1 Å². The second kappa shape index (κ2) is 7.72. The Morgan fingerprint density at radius 1 is 1.17 bits per heavy atom. The van der Waals surface area contributed by atoms with Gasteiger partial charge in [-0.3, -0.25) is 4.90 Å². The van der Waals surface area contributed by atoms with Crippen molar-refractivity contribution in [1.29, 1.82) is 0 Å². The second-order valence-electron chi connectivity index (χ2n) is 8.22. The van der Waals surface area contributed by atoms with E-state index < -0.39 is 0 Å². The van der Waals surface area contributed by atoms with Gasteiger partial charge in [0.1, 0.15) is 0 Å². The Kier molecular flexibility index (Phi) is 5.05. The molecule has 1 N–H and O–H groups in total. The number of piperidine rings is 1. The standard InChI is InChI=1S/C22H23ClN4O2S/c1-13-10-14(2)12-26(11-13)18(15-6-3-4-7-16(15)23)19-21(28)27-22(30-19)24-20(25-27)17-8-5-9-29-17/h3-9,13-14,18,28H,10-12H2,1-2H3/t13-,14-,18+/m1/s1. The minimum atomic E-state index is -0.149. The molecule has 4 aromatic rings. The van der Waals surface area contributed by atoms with E-state index in [2.05, 4.69) is 28.8 Å². The molecule has 1 aromatic carbocycles. The van der Waals surface area contributed by atoms with Crippen molar-refractivity contribution in [2.75, 3.05) is 13.1 Å². The van der Waals surface area contributed by atoms with Crippen LogP contribution in [0.5, 0.6) is 5.88 Å². The van der Waals surface area contributed by atoms with Crippen LogP contribution in [0.4, 0.5) is 0 Å². The molecule has 5 rings (SSSR count). The third-order valence-corrected chi connectivity index (χ3v) is 7.07. The molecule has 3 aromatic heterocycles. The van der Waals surface area contributed by atoms with Crippen LogP contribution in [0, 0.1) is 11.8 Å². The topological polar surface area (TPSA) is 66.8 Å². The van der Waals surface area contributed by atoms with E-state index >= 15 is 0 Å². The van der Waals surface area contributed by atoms with Gasteiger partial charge >= 0.3 is 0 Å². The zero-order valence-corrected chi connectivity index (χ0v) is 18.4. The monoisotopic (exact) mass is 442 g/mol. The number of aromatic hydroxyl groups is 1. The first-order valence-electron chi connectivity index (χ1n) is 10.1. The Morgan fingerprint density at radius 2 is 1.93 bits per heavy atom. The van der Waals surface area contributed by atoms with Gasteiger partial charge in [0, 0.05) is 18.1 Å². The molecule has 0 saturated carbocycles. The van der Waals surface area contributed by atoms with Gasteiger partial charge in [0.25, 0.3) is 0 Å². The summed E-state index contributed by atoms with van der Waals surface area (Å²) >= 11 is 8.07. The fourth-order valence-electron chi connectivity index (χ4n) is 4.56. The molecule has 8 heteroatoms. The van der Waals surface area contributed by atoms with Crippen LogP contribution in [-0.4, -0.2) is 37.7 Å². The molecule has 3 atom stereocenters. The van der Waals surface area contributed by atoms with E-state index in [1.54, 1.807) is 18.4 Å². The zero-order valence-electron chi connectivity index (χ0n) is 16.8. The molecule has 0 spiro atoms. The molecule has 1 aliphatic heterocycles. The number of thiazole rings is 1. The predicted molar refractivity (Wildman–Crippen MR) is 118 cm³/mol. The highest BCUT2D eigenvalue weighted by Crippen LogP contribution is 2.44. The zero-order chi connectivity index (χ0) is 20.8. The number of fused-ring (bicyclic) bond motifs is 1. The smallest absolute Gasteiger partial charge is 0.230 e. The summed E-state index contributed by atoms with van der Waals surface area (Å²) in [6.07, 6.45) is 2.79. The quantitative estimate of drug-likeness (QED) is 0.453. The van der Waals surface area contributed by atoms with E-state index in [4.69, 9.17) is 16.0 Å². The second-order valence-corrected chi connectivity index (χ2v) is 9.64. The Morgan fingerprint density at radius 3 is 2.60 bits per heavy atom. The molecule has 0 amide bonds. The molecule has 0 unspecified atom stereocenters. The number of halogens is 1. The molecule has 1 fully saturated rings. The Labute approximate surface area is 183 Å². The third kappa shape index (κ3) is 3.41. The minimum Gasteiger partial charge on any atom is -0.492 e. The lowest BCUT2D eigenvalue weighted by atomic mass is 9.89. The maximum Gasteiger partial charge on any atom is 0.230 e. The number of aromatic nitrogens is 3. The SMILES string of the molecule is C[C@@H]1C[C@@H](C)CN([C@@H](c2ccccc2Cl)c2sc3nc(-c4ccco4)nn3c2O)C1. The summed E-state index contributed by atoms with van der Waals surface area (Å²) in [7, 11) is 0. The molecule has 0 bridgehead atoms. The summed E-state index contributed by atoms with van der Waals surface area (Å²) in [4.78, 5) is 8.44. The number of furan rings is 1. The van der Waals surface area contributed by atoms with Gasteiger partial charge in [0.05, 0.1) is 17.2 Å². The molecular weight excluding hydrogens is 420 g/mol. The van der Waals surface area contributed by atoms with E-state index in [1.165, 1.54) is 22.3 Å². The van der Waals surface area contributed by atoms with Crippen LogP contribution in [0.3, 0.4) is 0 Å². The van der Waals surface area contributed by atoms with Crippen molar-refractivity contribution >= 4 is 27.9 Å². The van der Waals surface area contributed by atoms with Gasteiger partial charge in [-0.05, 0) is 42.0 Å². The number of hydrogen-bond acceptors (Lipinski definition) is 6. The fraction of sp³-hybridized carbons (Fsp3) is 0.364. The lowest BCUT2D eigenvalue weighted by Crippen LogP contribution is -2.41. The summed E-state index contributed by atoms with van der Waals surface area (Å²) < 4.78 is 6.90. The van der Waals surface area contributed by atoms with Crippen molar-refractivity contribution in [3.63, 3.8) is 0 Å². The van der Waals surface area contributed by atoms with Crippen molar-refractivity contribution in [2.24, 2.45) is 11.8 Å². The number of hydrogen-bond donors (Lipinski definition) is 1. The highest BCUT2D eigenvalue weighted by molar-refractivity contribution is 7.17. The molecule has 1 aliphatic rings. The highest BCUT2D eigenvalue weighted by Gasteiger charge is 2.34. The number of rotatable bonds is 4. The average molecular weight is 443 g/mol. The molecule has 6 nitrogen and oxygen atoms in total. The largest absolute Gasteiger partial charge is 0.492 e. The molecule has 30 heavy (non-hydrogen) atoms. The Balaban J connectivity index is 1.62. The number of likely N-dealkylation sites (tertiary alicyclic amines) is 1. The van der Waals surface area contributed by atoms with Gasteiger partial charge in [-0.2, -0.15) is 9.50 Å². The maximum absolute atomic E-state index is 11.2. The highest BCUT2D eigenvalue weighted by atomic mass is 35.5. The van der Waals surface area contributed by atoms with Crippen molar-refractivity contribution < 1.29 is 9.52 Å². The van der Waals surface area contributed by atoms with Gasteiger partial charge in [0.2, 0.25) is 16.7 Å². The summed E-state index contributed by atoms with van der Waals surface area (Å²) in [5.74, 6) is 2.30. The molecular formula is C22H23ClN4O2S.